The van der Waals surface area contributed by atoms with Crippen molar-refractivity contribution >= 4 is 5.91 Å². The molecular formula is C16H20N2O2. The Hall–Kier alpha value is -1.55. The Labute approximate surface area is 118 Å². The lowest BCUT2D eigenvalue weighted by molar-refractivity contribution is -0.145. The molecule has 1 saturated heterocycles. The second kappa shape index (κ2) is 4.22. The van der Waals surface area contributed by atoms with Gasteiger partial charge in [0.2, 0.25) is 5.91 Å². The first-order chi connectivity index (χ1) is 9.66. The summed E-state index contributed by atoms with van der Waals surface area (Å²) in [6.07, 6.45) is 3.25. The van der Waals surface area contributed by atoms with Crippen LogP contribution in [0.2, 0.25) is 0 Å². The van der Waals surface area contributed by atoms with Crippen LogP contribution in [0.3, 0.4) is 0 Å². The Morgan fingerprint density at radius 1 is 1.30 bits per heavy atom. The monoisotopic (exact) mass is 272 g/mol. The number of carbonyl (C=O) groups excluding carboxylic acids is 1. The van der Waals surface area contributed by atoms with E-state index in [0.29, 0.717) is 12.5 Å². The summed E-state index contributed by atoms with van der Waals surface area (Å²) in [7, 11) is 0. The van der Waals surface area contributed by atoms with Crippen molar-refractivity contribution in [1.29, 1.82) is 0 Å². The highest BCUT2D eigenvalue weighted by Crippen LogP contribution is 2.43. The van der Waals surface area contributed by atoms with E-state index < -0.39 is 0 Å². The van der Waals surface area contributed by atoms with Crippen LogP contribution in [-0.4, -0.2) is 36.0 Å². The van der Waals surface area contributed by atoms with Crippen molar-refractivity contribution in [3.05, 3.63) is 29.8 Å². The van der Waals surface area contributed by atoms with Gasteiger partial charge in [0, 0.05) is 13.1 Å². The zero-order chi connectivity index (χ0) is 13.7. The number of hydrogen-bond donors (Lipinski definition) is 1. The van der Waals surface area contributed by atoms with E-state index in [9.17, 15) is 4.79 Å². The Morgan fingerprint density at radius 2 is 2.05 bits per heavy atom. The van der Waals surface area contributed by atoms with Crippen molar-refractivity contribution in [3.8, 4) is 5.75 Å². The molecule has 1 atom stereocenters. The van der Waals surface area contributed by atoms with Crippen LogP contribution >= 0.6 is 0 Å². The van der Waals surface area contributed by atoms with Crippen LogP contribution in [0.1, 0.15) is 18.4 Å². The summed E-state index contributed by atoms with van der Waals surface area (Å²) in [5.74, 6) is 1.73. The van der Waals surface area contributed by atoms with Crippen LogP contribution < -0.4 is 10.5 Å². The molecule has 1 aliphatic carbocycles. The van der Waals surface area contributed by atoms with Gasteiger partial charge in [-0.25, -0.2) is 0 Å². The molecule has 0 aromatic heterocycles. The Kier molecular flexibility index (Phi) is 2.58. The summed E-state index contributed by atoms with van der Waals surface area (Å²) in [6, 6.07) is 7.98. The number of para-hydroxylation sites is 1. The number of nitrogens with two attached hydrogens (primary N) is 1. The molecule has 1 aromatic carbocycles. The van der Waals surface area contributed by atoms with Crippen molar-refractivity contribution in [2.45, 2.75) is 24.8 Å². The summed E-state index contributed by atoms with van der Waals surface area (Å²) in [6.45, 7) is 1.96. The standard InChI is InChI=1S/C16H20N2O2/c17-16(13-5-6-13)9-18(10-16)15(19)12-7-11-3-1-2-4-14(11)20-8-12/h1-4,12-13H,5-10,17H2. The molecule has 4 rings (SSSR count). The zero-order valence-corrected chi connectivity index (χ0v) is 11.5. The predicted octanol–water partition coefficient (Wildman–Crippen LogP) is 1.19. The normalized spacial score (nSPS) is 27.2. The molecule has 1 saturated carbocycles. The molecule has 4 nitrogen and oxygen atoms in total. The summed E-state index contributed by atoms with van der Waals surface area (Å²) in [5.41, 5.74) is 7.36. The fourth-order valence-corrected chi connectivity index (χ4v) is 3.48. The van der Waals surface area contributed by atoms with Gasteiger partial charge in [-0.2, -0.15) is 0 Å². The van der Waals surface area contributed by atoms with Crippen LogP contribution in [0.4, 0.5) is 0 Å². The second-order valence-corrected chi connectivity index (χ2v) is 6.52. The first-order valence-electron chi connectivity index (χ1n) is 7.44. The van der Waals surface area contributed by atoms with Crippen LogP contribution in [0.5, 0.6) is 5.75 Å². The van der Waals surface area contributed by atoms with E-state index in [0.717, 1.165) is 30.8 Å². The average molecular weight is 272 g/mol. The van der Waals surface area contributed by atoms with Crippen molar-refractivity contribution in [1.82, 2.24) is 4.90 Å². The van der Waals surface area contributed by atoms with Gasteiger partial charge >= 0.3 is 0 Å². The van der Waals surface area contributed by atoms with E-state index in [1.54, 1.807) is 0 Å². The molecule has 0 radical (unpaired) electrons. The van der Waals surface area contributed by atoms with E-state index in [2.05, 4.69) is 0 Å². The molecule has 3 aliphatic rings. The fourth-order valence-electron chi connectivity index (χ4n) is 3.48. The van der Waals surface area contributed by atoms with E-state index in [4.69, 9.17) is 10.5 Å². The summed E-state index contributed by atoms with van der Waals surface area (Å²) in [4.78, 5) is 14.4. The molecule has 1 unspecified atom stereocenters. The van der Waals surface area contributed by atoms with Crippen LogP contribution in [0.25, 0.3) is 0 Å². The highest BCUT2D eigenvalue weighted by molar-refractivity contribution is 5.81. The van der Waals surface area contributed by atoms with E-state index in [1.807, 2.05) is 29.2 Å². The first-order valence-corrected chi connectivity index (χ1v) is 7.44. The number of amides is 1. The van der Waals surface area contributed by atoms with Gasteiger partial charge in [0.15, 0.2) is 0 Å². The smallest absolute Gasteiger partial charge is 0.229 e. The first kappa shape index (κ1) is 12.2. The van der Waals surface area contributed by atoms with Crippen LogP contribution in [0, 0.1) is 11.8 Å². The summed E-state index contributed by atoms with van der Waals surface area (Å²) >= 11 is 0. The lowest BCUT2D eigenvalue weighted by Crippen LogP contribution is -2.70. The molecule has 2 N–H and O–H groups in total. The van der Waals surface area contributed by atoms with Crippen molar-refractivity contribution in [2.24, 2.45) is 17.6 Å². The molecular weight excluding hydrogens is 252 g/mol. The highest BCUT2D eigenvalue weighted by atomic mass is 16.5. The van der Waals surface area contributed by atoms with Crippen LogP contribution in [-0.2, 0) is 11.2 Å². The maximum Gasteiger partial charge on any atom is 0.229 e. The molecule has 20 heavy (non-hydrogen) atoms. The van der Waals surface area contributed by atoms with Gasteiger partial charge in [-0.05, 0) is 36.8 Å². The number of rotatable bonds is 2. The highest BCUT2D eigenvalue weighted by Gasteiger charge is 2.52. The quantitative estimate of drug-likeness (QED) is 0.880. The largest absolute Gasteiger partial charge is 0.492 e. The van der Waals surface area contributed by atoms with Crippen molar-refractivity contribution in [2.75, 3.05) is 19.7 Å². The van der Waals surface area contributed by atoms with Gasteiger partial charge < -0.3 is 15.4 Å². The predicted molar refractivity (Wildman–Crippen MR) is 75.4 cm³/mol. The average Bonchev–Trinajstić information content (AvgIpc) is 3.27. The Balaban J connectivity index is 1.41. The molecule has 0 bridgehead atoms. The Morgan fingerprint density at radius 3 is 2.80 bits per heavy atom. The number of ether oxygens (including phenoxy) is 1. The number of likely N-dealkylation sites (tertiary alicyclic amines) is 1. The topological polar surface area (TPSA) is 55.6 Å². The fraction of sp³-hybridized carbons (Fsp3) is 0.562. The van der Waals surface area contributed by atoms with E-state index in [-0.39, 0.29) is 17.4 Å². The third-order valence-electron chi connectivity index (χ3n) is 4.90. The number of fused-ring (bicyclic) bond motifs is 1. The minimum absolute atomic E-state index is 0.0475. The second-order valence-electron chi connectivity index (χ2n) is 6.52. The minimum atomic E-state index is -0.0942. The van der Waals surface area contributed by atoms with Gasteiger partial charge in [0.05, 0.1) is 11.5 Å². The molecule has 4 heteroatoms. The van der Waals surface area contributed by atoms with Crippen molar-refractivity contribution in [3.63, 3.8) is 0 Å². The Bertz CT molecular complexity index is 547. The molecule has 2 aliphatic heterocycles. The number of hydrogen-bond acceptors (Lipinski definition) is 3. The maximum absolute atomic E-state index is 12.5. The number of carbonyl (C=O) groups is 1. The van der Waals surface area contributed by atoms with E-state index >= 15 is 0 Å². The van der Waals surface area contributed by atoms with Gasteiger partial charge in [-0.15, -0.1) is 0 Å². The number of benzene rings is 1. The van der Waals surface area contributed by atoms with E-state index in [1.165, 1.54) is 12.8 Å². The van der Waals surface area contributed by atoms with Crippen molar-refractivity contribution < 1.29 is 9.53 Å². The number of nitrogens with zero attached hydrogens (tertiary/aromatic N) is 1. The third kappa shape index (κ3) is 1.90. The van der Waals surface area contributed by atoms with Gasteiger partial charge in [0.25, 0.3) is 0 Å². The molecule has 1 amide bonds. The summed E-state index contributed by atoms with van der Waals surface area (Å²) < 4.78 is 5.71. The molecule has 106 valence electrons. The van der Waals surface area contributed by atoms with Gasteiger partial charge in [-0.3, -0.25) is 4.79 Å². The third-order valence-corrected chi connectivity index (χ3v) is 4.90. The zero-order valence-electron chi connectivity index (χ0n) is 11.5. The lowest BCUT2D eigenvalue weighted by atomic mass is 9.84. The molecule has 2 heterocycles. The molecule has 0 spiro atoms. The molecule has 2 fully saturated rings. The SMILES string of the molecule is NC1(C2CC2)CN(C(=O)C2COc3ccccc3C2)C1. The molecule has 1 aromatic rings. The van der Waals surface area contributed by atoms with Crippen LogP contribution in [0.15, 0.2) is 24.3 Å². The summed E-state index contributed by atoms with van der Waals surface area (Å²) in [5, 5.41) is 0. The maximum atomic E-state index is 12.5. The minimum Gasteiger partial charge on any atom is -0.492 e. The van der Waals surface area contributed by atoms with Gasteiger partial charge in [0.1, 0.15) is 12.4 Å². The lowest BCUT2D eigenvalue weighted by Gasteiger charge is -2.49. The van der Waals surface area contributed by atoms with Gasteiger partial charge in [-0.1, -0.05) is 18.2 Å².